The van der Waals surface area contributed by atoms with E-state index in [1.807, 2.05) is 6.92 Å². The minimum atomic E-state index is -0.132. The third kappa shape index (κ3) is 1.65. The average Bonchev–Trinajstić information content (AvgIpc) is 2.17. The summed E-state index contributed by atoms with van der Waals surface area (Å²) in [7, 11) is 0. The summed E-state index contributed by atoms with van der Waals surface area (Å²) in [4.78, 5) is 12.1. The lowest BCUT2D eigenvalue weighted by molar-refractivity contribution is -0.129. The van der Waals surface area contributed by atoms with Gasteiger partial charge in [0.15, 0.2) is 0 Å². The molecule has 0 fully saturated rings. The van der Waals surface area contributed by atoms with Crippen molar-refractivity contribution in [3.05, 3.63) is 11.6 Å². The Bertz CT molecular complexity index is 250. The Kier molecular flexibility index (Phi) is 3.52. The molecule has 0 saturated heterocycles. The van der Waals surface area contributed by atoms with Crippen LogP contribution in [-0.4, -0.2) is 5.78 Å². The number of ketones is 1. The third-order valence-corrected chi connectivity index (χ3v) is 3.73. The number of rotatable bonds is 3. The zero-order valence-electron chi connectivity index (χ0n) is 9.89. The highest BCUT2D eigenvalue weighted by atomic mass is 16.1. The van der Waals surface area contributed by atoms with Crippen molar-refractivity contribution in [2.45, 2.75) is 53.4 Å². The number of allylic oxidation sites excluding steroid dienone is 2. The van der Waals surface area contributed by atoms with Gasteiger partial charge in [-0.3, -0.25) is 4.79 Å². The molecule has 0 radical (unpaired) electrons. The summed E-state index contributed by atoms with van der Waals surface area (Å²) >= 11 is 0. The molecule has 0 amide bonds. The second-order valence-corrected chi connectivity index (χ2v) is 4.68. The van der Waals surface area contributed by atoms with Gasteiger partial charge in [0.2, 0.25) is 0 Å². The smallest absolute Gasteiger partial charge is 0.143 e. The van der Waals surface area contributed by atoms with Crippen LogP contribution in [0.25, 0.3) is 0 Å². The first kappa shape index (κ1) is 11.5. The zero-order valence-corrected chi connectivity index (χ0v) is 9.89. The number of carbonyl (C=O) groups excluding carboxylic acids is 1. The van der Waals surface area contributed by atoms with Crippen molar-refractivity contribution in [3.63, 3.8) is 0 Å². The summed E-state index contributed by atoms with van der Waals surface area (Å²) in [5, 5.41) is 0. The van der Waals surface area contributed by atoms with E-state index in [0.717, 1.165) is 12.8 Å². The molecule has 1 heteroatoms. The van der Waals surface area contributed by atoms with E-state index < -0.39 is 0 Å². The van der Waals surface area contributed by atoms with Crippen LogP contribution in [0.3, 0.4) is 0 Å². The van der Waals surface area contributed by atoms with Gasteiger partial charge >= 0.3 is 0 Å². The molecule has 0 aromatic carbocycles. The van der Waals surface area contributed by atoms with Gasteiger partial charge in [0.1, 0.15) is 5.78 Å². The van der Waals surface area contributed by atoms with Crippen LogP contribution in [0, 0.1) is 11.3 Å². The van der Waals surface area contributed by atoms with E-state index in [4.69, 9.17) is 0 Å². The van der Waals surface area contributed by atoms with Crippen molar-refractivity contribution in [3.8, 4) is 0 Å². The number of hydrogen-bond donors (Lipinski definition) is 0. The van der Waals surface area contributed by atoms with E-state index in [1.165, 1.54) is 12.0 Å². The normalized spacial score (nSPS) is 27.6. The maximum absolute atomic E-state index is 12.1. The molecule has 0 spiro atoms. The SMILES string of the molecule is CCC(=O)[C@]1(C(C)C)CCCC=C1C. The Morgan fingerprint density at radius 1 is 1.57 bits per heavy atom. The van der Waals surface area contributed by atoms with Gasteiger partial charge in [-0.2, -0.15) is 0 Å². The van der Waals surface area contributed by atoms with Crippen LogP contribution in [0.5, 0.6) is 0 Å². The van der Waals surface area contributed by atoms with E-state index in [-0.39, 0.29) is 5.41 Å². The molecular formula is C13H22O. The summed E-state index contributed by atoms with van der Waals surface area (Å²) in [6, 6.07) is 0. The summed E-state index contributed by atoms with van der Waals surface area (Å²) in [5.41, 5.74) is 1.18. The molecule has 80 valence electrons. The van der Waals surface area contributed by atoms with Crippen molar-refractivity contribution in [2.75, 3.05) is 0 Å². The second-order valence-electron chi connectivity index (χ2n) is 4.68. The van der Waals surface area contributed by atoms with Gasteiger partial charge in [-0.25, -0.2) is 0 Å². The zero-order chi connectivity index (χ0) is 10.8. The van der Waals surface area contributed by atoms with E-state index in [1.54, 1.807) is 0 Å². The van der Waals surface area contributed by atoms with Crippen LogP contribution < -0.4 is 0 Å². The van der Waals surface area contributed by atoms with Crippen molar-refractivity contribution < 1.29 is 4.79 Å². The lowest BCUT2D eigenvalue weighted by Crippen LogP contribution is -2.38. The molecular weight excluding hydrogens is 172 g/mol. The predicted molar refractivity (Wildman–Crippen MR) is 60.2 cm³/mol. The van der Waals surface area contributed by atoms with Gasteiger partial charge in [-0.05, 0) is 32.1 Å². The Labute approximate surface area is 87.6 Å². The minimum absolute atomic E-state index is 0.132. The van der Waals surface area contributed by atoms with Crippen LogP contribution in [0.1, 0.15) is 53.4 Å². The fourth-order valence-corrected chi connectivity index (χ4v) is 2.82. The van der Waals surface area contributed by atoms with Gasteiger partial charge in [0.05, 0.1) is 5.41 Å². The third-order valence-electron chi connectivity index (χ3n) is 3.73. The summed E-state index contributed by atoms with van der Waals surface area (Å²) < 4.78 is 0. The first-order valence-electron chi connectivity index (χ1n) is 5.76. The fourth-order valence-electron chi connectivity index (χ4n) is 2.82. The van der Waals surface area contributed by atoms with Gasteiger partial charge in [-0.1, -0.05) is 32.4 Å². The molecule has 1 rings (SSSR count). The predicted octanol–water partition coefficient (Wildman–Crippen LogP) is 3.74. The van der Waals surface area contributed by atoms with Gasteiger partial charge < -0.3 is 0 Å². The lowest BCUT2D eigenvalue weighted by Gasteiger charge is -2.39. The van der Waals surface area contributed by atoms with E-state index in [2.05, 4.69) is 26.8 Å². The van der Waals surface area contributed by atoms with E-state index in [0.29, 0.717) is 18.1 Å². The molecule has 1 aliphatic carbocycles. The van der Waals surface area contributed by atoms with Crippen molar-refractivity contribution in [2.24, 2.45) is 11.3 Å². The maximum Gasteiger partial charge on any atom is 0.143 e. The van der Waals surface area contributed by atoms with E-state index in [9.17, 15) is 4.79 Å². The highest BCUT2D eigenvalue weighted by Gasteiger charge is 2.41. The van der Waals surface area contributed by atoms with Crippen LogP contribution >= 0.6 is 0 Å². The van der Waals surface area contributed by atoms with Gasteiger partial charge in [0, 0.05) is 6.42 Å². The molecule has 0 unspecified atom stereocenters. The Balaban J connectivity index is 3.09. The topological polar surface area (TPSA) is 17.1 Å². The van der Waals surface area contributed by atoms with Crippen LogP contribution in [0.15, 0.2) is 11.6 Å². The highest BCUT2D eigenvalue weighted by molar-refractivity contribution is 5.88. The molecule has 0 heterocycles. The number of carbonyl (C=O) groups is 1. The average molecular weight is 194 g/mol. The number of hydrogen-bond acceptors (Lipinski definition) is 1. The van der Waals surface area contributed by atoms with Gasteiger partial charge in [0.25, 0.3) is 0 Å². The first-order valence-corrected chi connectivity index (χ1v) is 5.76. The van der Waals surface area contributed by atoms with Crippen LogP contribution in [0.2, 0.25) is 0 Å². The minimum Gasteiger partial charge on any atom is -0.299 e. The number of Topliss-reactive ketones (excluding diaryl/α,β-unsaturated/α-hetero) is 1. The Hall–Kier alpha value is -0.590. The fraction of sp³-hybridized carbons (Fsp3) is 0.769. The largest absolute Gasteiger partial charge is 0.299 e. The molecule has 1 nitrogen and oxygen atoms in total. The second kappa shape index (κ2) is 4.29. The summed E-state index contributed by atoms with van der Waals surface area (Å²) in [6.45, 7) is 8.47. The monoisotopic (exact) mass is 194 g/mol. The van der Waals surface area contributed by atoms with Crippen molar-refractivity contribution >= 4 is 5.78 Å². The summed E-state index contributed by atoms with van der Waals surface area (Å²) in [6.07, 6.45) is 6.30. The van der Waals surface area contributed by atoms with Gasteiger partial charge in [-0.15, -0.1) is 0 Å². The van der Waals surface area contributed by atoms with Crippen LogP contribution in [-0.2, 0) is 4.79 Å². The van der Waals surface area contributed by atoms with Crippen molar-refractivity contribution in [1.29, 1.82) is 0 Å². The van der Waals surface area contributed by atoms with Crippen LogP contribution in [0.4, 0.5) is 0 Å². The molecule has 0 N–H and O–H groups in total. The standard InChI is InChI=1S/C13H22O/c1-5-12(14)13(10(2)3)9-7-6-8-11(13)4/h8,10H,5-7,9H2,1-4H3/t13-/m0/s1. The highest BCUT2D eigenvalue weighted by Crippen LogP contribution is 2.45. The first-order chi connectivity index (χ1) is 6.55. The van der Waals surface area contributed by atoms with Crippen molar-refractivity contribution in [1.82, 2.24) is 0 Å². The Morgan fingerprint density at radius 3 is 2.64 bits per heavy atom. The molecule has 0 bridgehead atoms. The molecule has 0 aromatic rings. The molecule has 14 heavy (non-hydrogen) atoms. The maximum atomic E-state index is 12.1. The molecule has 0 aliphatic heterocycles. The lowest BCUT2D eigenvalue weighted by atomic mass is 9.63. The molecule has 1 atom stereocenters. The molecule has 1 aliphatic rings. The Morgan fingerprint density at radius 2 is 2.21 bits per heavy atom. The molecule has 0 aromatic heterocycles. The summed E-state index contributed by atoms with van der Waals surface area (Å²) in [5.74, 6) is 0.868. The van der Waals surface area contributed by atoms with E-state index >= 15 is 0 Å². The molecule has 0 saturated carbocycles. The quantitative estimate of drug-likeness (QED) is 0.625.